The highest BCUT2D eigenvalue weighted by Gasteiger charge is 2.16. The topological polar surface area (TPSA) is 29.3 Å². The number of hydrogen-bond acceptors (Lipinski definition) is 2. The first-order chi connectivity index (χ1) is 9.41. The van der Waals surface area contributed by atoms with Gasteiger partial charge in [0, 0.05) is 24.5 Å². The molecule has 3 heteroatoms. The van der Waals surface area contributed by atoms with Crippen LogP contribution in [-0.4, -0.2) is 7.05 Å². The first-order valence-corrected chi connectivity index (χ1v) is 6.76. The van der Waals surface area contributed by atoms with Crippen LogP contribution in [0.2, 0.25) is 0 Å². The zero-order valence-corrected chi connectivity index (χ0v) is 12.4. The fourth-order valence-electron chi connectivity index (χ4n) is 2.41. The highest BCUT2D eigenvalue weighted by Crippen LogP contribution is 2.33. The molecule has 2 aromatic rings. The normalized spacial score (nSPS) is 12.3. The van der Waals surface area contributed by atoms with Gasteiger partial charge in [-0.3, -0.25) is 0 Å². The first kappa shape index (κ1) is 14.5. The van der Waals surface area contributed by atoms with E-state index >= 15 is 0 Å². The third kappa shape index (κ3) is 2.68. The molecule has 2 aromatic carbocycles. The number of benzene rings is 2. The van der Waals surface area contributed by atoms with Crippen molar-refractivity contribution in [1.29, 1.82) is 0 Å². The number of halogens is 1. The van der Waals surface area contributed by atoms with Crippen LogP contribution in [0.15, 0.2) is 36.4 Å². The Balaban J connectivity index is 2.57. The van der Waals surface area contributed by atoms with Crippen LogP contribution < -0.4 is 10.6 Å². The van der Waals surface area contributed by atoms with Gasteiger partial charge in [-0.25, -0.2) is 4.39 Å². The Morgan fingerprint density at radius 3 is 2.30 bits per heavy atom. The van der Waals surface area contributed by atoms with Crippen molar-refractivity contribution in [1.82, 2.24) is 0 Å². The standard InChI is InChI=1S/C17H21FN2/c1-11-7-5-6-8-16(11)20(4)17-9-12(2)15(18)10-14(17)13(3)19/h5-10,13H,19H2,1-4H3/t13-/m0/s1. The minimum atomic E-state index is -0.216. The zero-order chi connectivity index (χ0) is 14.9. The van der Waals surface area contributed by atoms with Crippen LogP contribution in [0.5, 0.6) is 0 Å². The molecule has 0 amide bonds. The molecule has 2 rings (SSSR count). The number of aryl methyl sites for hydroxylation is 2. The molecule has 106 valence electrons. The molecule has 2 nitrogen and oxygen atoms in total. The summed E-state index contributed by atoms with van der Waals surface area (Å²) in [6, 6.07) is 11.3. The second-order valence-corrected chi connectivity index (χ2v) is 5.29. The summed E-state index contributed by atoms with van der Waals surface area (Å²) in [6.07, 6.45) is 0. The Labute approximate surface area is 120 Å². The van der Waals surface area contributed by atoms with Gasteiger partial charge in [-0.05, 0) is 55.7 Å². The van der Waals surface area contributed by atoms with E-state index in [1.54, 1.807) is 13.0 Å². The van der Waals surface area contributed by atoms with Crippen molar-refractivity contribution in [2.75, 3.05) is 11.9 Å². The van der Waals surface area contributed by atoms with Crippen molar-refractivity contribution >= 4 is 11.4 Å². The van der Waals surface area contributed by atoms with Gasteiger partial charge in [-0.1, -0.05) is 18.2 Å². The second-order valence-electron chi connectivity index (χ2n) is 5.29. The van der Waals surface area contributed by atoms with E-state index in [4.69, 9.17) is 5.73 Å². The molecule has 2 N–H and O–H groups in total. The number of para-hydroxylation sites is 1. The van der Waals surface area contributed by atoms with Gasteiger partial charge in [0.25, 0.3) is 0 Å². The number of rotatable bonds is 3. The number of nitrogens with two attached hydrogens (primary N) is 1. The lowest BCUT2D eigenvalue weighted by Crippen LogP contribution is -2.17. The predicted molar refractivity (Wildman–Crippen MR) is 83.0 cm³/mol. The highest BCUT2D eigenvalue weighted by molar-refractivity contribution is 5.69. The molecule has 0 heterocycles. The van der Waals surface area contributed by atoms with E-state index < -0.39 is 0 Å². The average molecular weight is 272 g/mol. The quantitative estimate of drug-likeness (QED) is 0.906. The van der Waals surface area contributed by atoms with Crippen molar-refractivity contribution in [3.8, 4) is 0 Å². The van der Waals surface area contributed by atoms with E-state index in [0.29, 0.717) is 5.56 Å². The third-order valence-corrected chi connectivity index (χ3v) is 3.64. The Bertz CT molecular complexity index is 620. The van der Waals surface area contributed by atoms with E-state index in [1.807, 2.05) is 32.2 Å². The lowest BCUT2D eigenvalue weighted by atomic mass is 10.0. The molecular formula is C17H21FN2. The van der Waals surface area contributed by atoms with E-state index in [9.17, 15) is 4.39 Å². The largest absolute Gasteiger partial charge is 0.344 e. The van der Waals surface area contributed by atoms with Crippen LogP contribution in [0, 0.1) is 19.7 Å². The SMILES string of the molecule is Cc1cc(N(C)c2ccccc2C)c([C@H](C)N)cc1F. The first-order valence-electron chi connectivity index (χ1n) is 6.76. The molecule has 0 saturated heterocycles. The molecule has 0 spiro atoms. The molecule has 0 aliphatic carbocycles. The minimum Gasteiger partial charge on any atom is -0.344 e. The average Bonchev–Trinajstić information content (AvgIpc) is 2.41. The Kier molecular flexibility index (Phi) is 4.09. The summed E-state index contributed by atoms with van der Waals surface area (Å²) < 4.78 is 13.8. The summed E-state index contributed by atoms with van der Waals surface area (Å²) in [5.74, 6) is -0.209. The van der Waals surface area contributed by atoms with Gasteiger partial charge in [0.05, 0.1) is 0 Å². The summed E-state index contributed by atoms with van der Waals surface area (Å²) in [7, 11) is 1.99. The van der Waals surface area contributed by atoms with Crippen LogP contribution >= 0.6 is 0 Å². The van der Waals surface area contributed by atoms with E-state index in [1.165, 1.54) is 5.56 Å². The maximum absolute atomic E-state index is 13.8. The van der Waals surface area contributed by atoms with E-state index in [-0.39, 0.29) is 11.9 Å². The van der Waals surface area contributed by atoms with Crippen LogP contribution in [-0.2, 0) is 0 Å². The summed E-state index contributed by atoms with van der Waals surface area (Å²) in [6.45, 7) is 5.71. The monoisotopic (exact) mass is 272 g/mol. The van der Waals surface area contributed by atoms with Gasteiger partial charge in [0.2, 0.25) is 0 Å². The Morgan fingerprint density at radius 2 is 1.70 bits per heavy atom. The van der Waals surface area contributed by atoms with Crippen LogP contribution in [0.4, 0.5) is 15.8 Å². The smallest absolute Gasteiger partial charge is 0.126 e. The second kappa shape index (κ2) is 5.63. The molecule has 0 aliphatic rings. The van der Waals surface area contributed by atoms with Crippen molar-refractivity contribution in [2.45, 2.75) is 26.8 Å². The van der Waals surface area contributed by atoms with Gasteiger partial charge >= 0.3 is 0 Å². The molecule has 0 aromatic heterocycles. The lowest BCUT2D eigenvalue weighted by molar-refractivity contribution is 0.613. The van der Waals surface area contributed by atoms with Crippen molar-refractivity contribution < 1.29 is 4.39 Å². The fourth-order valence-corrected chi connectivity index (χ4v) is 2.41. The summed E-state index contributed by atoms with van der Waals surface area (Å²) in [4.78, 5) is 2.07. The highest BCUT2D eigenvalue weighted by atomic mass is 19.1. The van der Waals surface area contributed by atoms with Gasteiger partial charge in [0.15, 0.2) is 0 Å². The van der Waals surface area contributed by atoms with Crippen molar-refractivity contribution in [3.63, 3.8) is 0 Å². The molecule has 0 radical (unpaired) electrons. The minimum absolute atomic E-state index is 0.209. The number of nitrogens with zero attached hydrogens (tertiary/aromatic N) is 1. The van der Waals surface area contributed by atoms with Crippen LogP contribution in [0.3, 0.4) is 0 Å². The summed E-state index contributed by atoms with van der Waals surface area (Å²) in [5.41, 5.74) is 10.7. The van der Waals surface area contributed by atoms with E-state index in [0.717, 1.165) is 16.9 Å². The molecule has 0 bridgehead atoms. The molecular weight excluding hydrogens is 251 g/mol. The number of anilines is 2. The maximum atomic E-state index is 13.8. The maximum Gasteiger partial charge on any atom is 0.126 e. The Morgan fingerprint density at radius 1 is 1.05 bits per heavy atom. The van der Waals surface area contributed by atoms with Crippen LogP contribution in [0.25, 0.3) is 0 Å². The molecule has 0 aliphatic heterocycles. The van der Waals surface area contributed by atoms with Crippen molar-refractivity contribution in [2.24, 2.45) is 5.73 Å². The molecule has 0 unspecified atom stereocenters. The third-order valence-electron chi connectivity index (χ3n) is 3.64. The molecule has 0 saturated carbocycles. The van der Waals surface area contributed by atoms with E-state index in [2.05, 4.69) is 24.0 Å². The Hall–Kier alpha value is -1.87. The van der Waals surface area contributed by atoms with Gasteiger partial charge in [-0.2, -0.15) is 0 Å². The van der Waals surface area contributed by atoms with Gasteiger partial charge < -0.3 is 10.6 Å². The zero-order valence-electron chi connectivity index (χ0n) is 12.4. The van der Waals surface area contributed by atoms with Gasteiger partial charge in [0.1, 0.15) is 5.82 Å². The van der Waals surface area contributed by atoms with Crippen molar-refractivity contribution in [3.05, 3.63) is 58.9 Å². The fraction of sp³-hybridized carbons (Fsp3) is 0.294. The number of hydrogen-bond donors (Lipinski definition) is 1. The lowest BCUT2D eigenvalue weighted by Gasteiger charge is -2.26. The van der Waals surface area contributed by atoms with Gasteiger partial charge in [-0.15, -0.1) is 0 Å². The molecule has 1 atom stereocenters. The molecule has 0 fully saturated rings. The molecule has 20 heavy (non-hydrogen) atoms. The van der Waals surface area contributed by atoms with Crippen LogP contribution in [0.1, 0.15) is 29.7 Å². The predicted octanol–water partition coefficient (Wildman–Crippen LogP) is 4.23. The summed E-state index contributed by atoms with van der Waals surface area (Å²) >= 11 is 0. The summed E-state index contributed by atoms with van der Waals surface area (Å²) in [5, 5.41) is 0.